The zero-order valence-corrected chi connectivity index (χ0v) is 6.35. The molecule has 1 heterocycles. The van der Waals surface area contributed by atoms with Crippen molar-refractivity contribution in [2.45, 2.75) is 4.21 Å². The molecule has 1 N–H and O–H groups in total. The minimum Gasteiger partial charge on any atom is -0.323 e. The molecule has 0 spiro atoms. The van der Waals surface area contributed by atoms with Gasteiger partial charge in [-0.05, 0) is 22.6 Å². The Hall–Kier alpha value is 0.230. The zero-order chi connectivity index (χ0) is 5.98. The van der Waals surface area contributed by atoms with Crippen molar-refractivity contribution in [2.75, 3.05) is 0 Å². The van der Waals surface area contributed by atoms with Gasteiger partial charge < -0.3 is 4.55 Å². The lowest BCUT2D eigenvalue weighted by Gasteiger charge is -1.84. The summed E-state index contributed by atoms with van der Waals surface area (Å²) in [7, 11) is -0.946. The molecule has 0 bridgehead atoms. The van der Waals surface area contributed by atoms with Crippen LogP contribution in [0.1, 0.15) is 0 Å². The highest BCUT2D eigenvalue weighted by molar-refractivity contribution is 8.26. The molecule has 0 aliphatic heterocycles. The summed E-state index contributed by atoms with van der Waals surface area (Å²) in [6.45, 7) is 0. The maximum Gasteiger partial charge on any atom is 0.0900 e. The summed E-state index contributed by atoms with van der Waals surface area (Å²) in [5, 5.41) is 1.90. The molecule has 4 heteroatoms. The lowest BCUT2D eigenvalue weighted by molar-refractivity contribution is 0.658. The summed E-state index contributed by atoms with van der Waals surface area (Å²) < 4.78 is 9.64. The van der Waals surface area contributed by atoms with Crippen LogP contribution >= 0.6 is 11.3 Å². The Balaban J connectivity index is 2.93. The van der Waals surface area contributed by atoms with E-state index in [1.54, 1.807) is 0 Å². The fourth-order valence-corrected chi connectivity index (χ4v) is 2.02. The molecule has 0 aliphatic rings. The van der Waals surface area contributed by atoms with Gasteiger partial charge in [0.1, 0.15) is 0 Å². The van der Waals surface area contributed by atoms with Crippen LogP contribution in [0, 0.1) is 0 Å². The molecule has 1 unspecified atom stereocenters. The summed E-state index contributed by atoms with van der Waals surface area (Å²) in [5.74, 6) is 0. The SMILES string of the molecule is OS(=S)c1cccs1. The monoisotopic (exact) mass is 164 g/mol. The summed E-state index contributed by atoms with van der Waals surface area (Å²) in [5.41, 5.74) is 0. The van der Waals surface area contributed by atoms with Crippen molar-refractivity contribution < 1.29 is 4.55 Å². The van der Waals surface area contributed by atoms with Crippen LogP contribution in [-0.4, -0.2) is 4.55 Å². The predicted octanol–water partition coefficient (Wildman–Crippen LogP) is 1.66. The molecule has 0 saturated heterocycles. The van der Waals surface area contributed by atoms with Crippen LogP contribution in [0.15, 0.2) is 21.7 Å². The van der Waals surface area contributed by atoms with Gasteiger partial charge in [-0.15, -0.1) is 11.3 Å². The van der Waals surface area contributed by atoms with E-state index < -0.39 is 9.74 Å². The van der Waals surface area contributed by atoms with E-state index in [-0.39, 0.29) is 0 Å². The highest BCUT2D eigenvalue weighted by atomic mass is 32.8. The molecule has 1 nitrogen and oxygen atoms in total. The molecule has 0 fully saturated rings. The average molecular weight is 164 g/mol. The first kappa shape index (κ1) is 6.35. The molecular formula is C4H4OS3. The van der Waals surface area contributed by atoms with Gasteiger partial charge in [-0.25, -0.2) is 0 Å². The smallest absolute Gasteiger partial charge is 0.0900 e. The molecule has 8 heavy (non-hydrogen) atoms. The quantitative estimate of drug-likeness (QED) is 0.681. The van der Waals surface area contributed by atoms with Crippen molar-refractivity contribution >= 4 is 32.3 Å². The number of rotatable bonds is 1. The Labute approximate surface area is 58.8 Å². The van der Waals surface area contributed by atoms with E-state index in [2.05, 4.69) is 11.2 Å². The van der Waals surface area contributed by atoms with Gasteiger partial charge in [0.2, 0.25) is 0 Å². The first-order chi connectivity index (χ1) is 3.80. The standard InChI is InChI=1S/C4H4OS3/c5-8(6)4-2-1-3-7-4/h1-3H,(H,5,6). The lowest BCUT2D eigenvalue weighted by atomic mass is 10.7. The van der Waals surface area contributed by atoms with Gasteiger partial charge in [0.25, 0.3) is 0 Å². The first-order valence-electron chi connectivity index (χ1n) is 1.95. The predicted molar refractivity (Wildman–Crippen MR) is 39.9 cm³/mol. The summed E-state index contributed by atoms with van der Waals surface area (Å²) in [6, 6.07) is 3.71. The molecule has 0 amide bonds. The average Bonchev–Trinajstić information content (AvgIpc) is 2.12. The lowest BCUT2D eigenvalue weighted by Crippen LogP contribution is -1.76. The van der Waals surface area contributed by atoms with Crippen LogP contribution in [-0.2, 0) is 20.9 Å². The molecule has 0 radical (unpaired) electrons. The molecule has 0 aliphatic carbocycles. The molecular weight excluding hydrogens is 160 g/mol. The maximum absolute atomic E-state index is 8.77. The largest absolute Gasteiger partial charge is 0.323 e. The zero-order valence-electron chi connectivity index (χ0n) is 3.90. The summed E-state index contributed by atoms with van der Waals surface area (Å²) in [4.78, 5) is 0. The molecule has 44 valence electrons. The van der Waals surface area contributed by atoms with Crippen LogP contribution in [0.4, 0.5) is 0 Å². The third kappa shape index (κ3) is 1.35. The van der Waals surface area contributed by atoms with Gasteiger partial charge in [-0.2, -0.15) is 0 Å². The first-order valence-corrected chi connectivity index (χ1v) is 4.93. The minimum atomic E-state index is -0.946. The van der Waals surface area contributed by atoms with Crippen LogP contribution < -0.4 is 0 Å². The van der Waals surface area contributed by atoms with Crippen molar-refractivity contribution in [3.05, 3.63) is 17.5 Å². The van der Waals surface area contributed by atoms with E-state index in [4.69, 9.17) is 4.55 Å². The third-order valence-electron chi connectivity index (χ3n) is 0.667. The summed E-state index contributed by atoms with van der Waals surface area (Å²) >= 11 is 6.08. The Morgan fingerprint density at radius 2 is 2.50 bits per heavy atom. The van der Waals surface area contributed by atoms with Gasteiger partial charge in [0.05, 0.1) is 4.21 Å². The van der Waals surface area contributed by atoms with Crippen molar-refractivity contribution in [3.63, 3.8) is 0 Å². The fraction of sp³-hybridized carbons (Fsp3) is 0. The van der Waals surface area contributed by atoms with E-state index in [1.165, 1.54) is 11.3 Å². The fourth-order valence-electron chi connectivity index (χ4n) is 0.363. The van der Waals surface area contributed by atoms with Crippen LogP contribution in [0.5, 0.6) is 0 Å². The third-order valence-corrected chi connectivity index (χ3v) is 3.43. The van der Waals surface area contributed by atoms with Crippen LogP contribution in [0.3, 0.4) is 0 Å². The van der Waals surface area contributed by atoms with Gasteiger partial charge in [-0.1, -0.05) is 6.07 Å². The van der Waals surface area contributed by atoms with Crippen LogP contribution in [0.25, 0.3) is 0 Å². The van der Waals surface area contributed by atoms with Gasteiger partial charge >= 0.3 is 0 Å². The Bertz CT molecular complexity index is 179. The number of thiophene rings is 1. The topological polar surface area (TPSA) is 20.2 Å². The molecule has 1 aromatic rings. The molecule has 0 saturated carbocycles. The van der Waals surface area contributed by atoms with E-state index >= 15 is 0 Å². The van der Waals surface area contributed by atoms with Crippen molar-refractivity contribution in [1.82, 2.24) is 0 Å². The van der Waals surface area contributed by atoms with Gasteiger partial charge in [0, 0.05) is 9.74 Å². The Morgan fingerprint density at radius 1 is 1.75 bits per heavy atom. The second kappa shape index (κ2) is 2.68. The second-order valence-electron chi connectivity index (χ2n) is 1.18. The van der Waals surface area contributed by atoms with Crippen molar-refractivity contribution in [2.24, 2.45) is 0 Å². The highest BCUT2D eigenvalue weighted by Gasteiger charge is 1.91. The Kier molecular flexibility index (Phi) is 2.13. The summed E-state index contributed by atoms with van der Waals surface area (Å²) in [6.07, 6.45) is 0. The number of hydrogen-bond acceptors (Lipinski definition) is 2. The molecule has 0 aromatic carbocycles. The van der Waals surface area contributed by atoms with Crippen molar-refractivity contribution in [1.29, 1.82) is 0 Å². The van der Waals surface area contributed by atoms with Crippen LogP contribution in [0.2, 0.25) is 0 Å². The van der Waals surface area contributed by atoms with E-state index in [1.807, 2.05) is 17.5 Å². The minimum absolute atomic E-state index is 0.875. The van der Waals surface area contributed by atoms with E-state index in [0.29, 0.717) is 0 Å². The molecule has 1 aromatic heterocycles. The molecule has 1 atom stereocenters. The van der Waals surface area contributed by atoms with E-state index in [0.717, 1.165) is 4.21 Å². The second-order valence-corrected chi connectivity index (χ2v) is 4.27. The number of hydrogen-bond donors (Lipinski definition) is 1. The normalized spacial score (nSPS) is 13.6. The Morgan fingerprint density at radius 3 is 2.75 bits per heavy atom. The van der Waals surface area contributed by atoms with Gasteiger partial charge in [0.15, 0.2) is 0 Å². The van der Waals surface area contributed by atoms with Crippen molar-refractivity contribution in [3.8, 4) is 0 Å². The van der Waals surface area contributed by atoms with E-state index in [9.17, 15) is 0 Å². The molecule has 1 rings (SSSR count). The highest BCUT2D eigenvalue weighted by Crippen LogP contribution is 2.11. The maximum atomic E-state index is 8.77. The van der Waals surface area contributed by atoms with Gasteiger partial charge in [-0.3, -0.25) is 0 Å².